The van der Waals surface area contributed by atoms with E-state index in [0.29, 0.717) is 6.07 Å². The minimum absolute atomic E-state index is 0.0206. The van der Waals surface area contributed by atoms with Crippen LogP contribution < -0.4 is 0 Å². The van der Waals surface area contributed by atoms with Crippen LogP contribution in [0.5, 0.6) is 5.75 Å². The van der Waals surface area contributed by atoms with E-state index in [2.05, 4.69) is 4.74 Å². The number of esters is 1. The van der Waals surface area contributed by atoms with Crippen molar-refractivity contribution in [1.82, 2.24) is 0 Å². The highest BCUT2D eigenvalue weighted by molar-refractivity contribution is 5.69. The number of hydrogen-bond acceptors (Lipinski definition) is 3. The summed E-state index contributed by atoms with van der Waals surface area (Å²) in [5.74, 6) is -0.911. The molecular weight excluding hydrogens is 249 g/mol. The largest absolute Gasteiger partial charge is 0.508 e. The van der Waals surface area contributed by atoms with Crippen LogP contribution in [-0.4, -0.2) is 17.7 Å². The zero-order valence-electron chi connectivity index (χ0n) is 9.75. The van der Waals surface area contributed by atoms with Crippen molar-refractivity contribution in [3.63, 3.8) is 0 Å². The molecule has 0 bridgehead atoms. The van der Waals surface area contributed by atoms with E-state index in [0.717, 1.165) is 12.1 Å². The maximum absolute atomic E-state index is 12.3. The molecule has 1 rings (SSSR count). The number of carbonyl (C=O) groups excluding carboxylic acids is 1. The lowest BCUT2D eigenvalue weighted by Gasteiger charge is -2.09. The van der Waals surface area contributed by atoms with Gasteiger partial charge in [0.05, 0.1) is 12.2 Å². The Balaban J connectivity index is 2.72. The number of phenols is 1. The van der Waals surface area contributed by atoms with Gasteiger partial charge in [0.1, 0.15) is 5.75 Å². The Bertz CT molecular complexity index is 427. The molecule has 0 unspecified atom stereocenters. The van der Waals surface area contributed by atoms with Crippen molar-refractivity contribution in [1.29, 1.82) is 0 Å². The lowest BCUT2D eigenvalue weighted by Crippen LogP contribution is -2.07. The number of carbonyl (C=O) groups is 1. The highest BCUT2D eigenvalue weighted by Gasteiger charge is 2.31. The topological polar surface area (TPSA) is 46.5 Å². The average molecular weight is 262 g/mol. The number of rotatable bonds is 4. The van der Waals surface area contributed by atoms with Crippen LogP contribution in [0.4, 0.5) is 13.2 Å². The Hall–Kier alpha value is -1.72. The summed E-state index contributed by atoms with van der Waals surface area (Å²) in [7, 11) is 0. The van der Waals surface area contributed by atoms with Gasteiger partial charge in [-0.3, -0.25) is 4.79 Å². The first kappa shape index (κ1) is 14.3. The molecule has 0 aliphatic rings. The van der Waals surface area contributed by atoms with Crippen LogP contribution in [-0.2, 0) is 22.1 Å². The lowest BCUT2D eigenvalue weighted by atomic mass is 10.1. The van der Waals surface area contributed by atoms with Gasteiger partial charge in [0.25, 0.3) is 0 Å². The van der Waals surface area contributed by atoms with Crippen molar-refractivity contribution >= 4 is 5.97 Å². The van der Waals surface area contributed by atoms with E-state index >= 15 is 0 Å². The number of phenolic OH excluding ortho intramolecular Hbond substituents is 1. The summed E-state index contributed by atoms with van der Waals surface area (Å²) >= 11 is 0. The molecule has 6 heteroatoms. The highest BCUT2D eigenvalue weighted by atomic mass is 19.4. The van der Waals surface area contributed by atoms with Crippen LogP contribution in [0.25, 0.3) is 0 Å². The number of hydrogen-bond donors (Lipinski definition) is 1. The zero-order chi connectivity index (χ0) is 13.8. The summed E-state index contributed by atoms with van der Waals surface area (Å²) in [6.45, 7) is 1.91. The summed E-state index contributed by atoms with van der Waals surface area (Å²) in [6, 6.07) is 2.69. The molecule has 18 heavy (non-hydrogen) atoms. The zero-order valence-corrected chi connectivity index (χ0v) is 9.75. The third-order valence-corrected chi connectivity index (χ3v) is 2.32. The van der Waals surface area contributed by atoms with Gasteiger partial charge in [0.2, 0.25) is 0 Å². The lowest BCUT2D eigenvalue weighted by molar-refractivity contribution is -0.143. The number of aryl methyl sites for hydroxylation is 1. The molecule has 1 aromatic rings. The summed E-state index contributed by atoms with van der Waals surface area (Å²) < 4.78 is 41.7. The third-order valence-electron chi connectivity index (χ3n) is 2.32. The van der Waals surface area contributed by atoms with Crippen molar-refractivity contribution in [3.05, 3.63) is 29.3 Å². The number of halogens is 3. The van der Waals surface area contributed by atoms with Crippen molar-refractivity contribution in [3.8, 4) is 5.75 Å². The van der Waals surface area contributed by atoms with Gasteiger partial charge in [-0.15, -0.1) is 0 Å². The van der Waals surface area contributed by atoms with E-state index in [1.807, 2.05) is 0 Å². The van der Waals surface area contributed by atoms with E-state index in [1.54, 1.807) is 6.92 Å². The van der Waals surface area contributed by atoms with Crippen molar-refractivity contribution in [2.24, 2.45) is 0 Å². The van der Waals surface area contributed by atoms with Crippen LogP contribution in [0, 0.1) is 0 Å². The molecule has 0 aliphatic carbocycles. The predicted octanol–water partition coefficient (Wildman–Crippen LogP) is 2.91. The molecular formula is C12H13F3O3. The minimum atomic E-state index is -4.49. The Morgan fingerprint density at radius 1 is 1.39 bits per heavy atom. The second-order valence-electron chi connectivity index (χ2n) is 3.65. The van der Waals surface area contributed by atoms with Gasteiger partial charge in [0, 0.05) is 6.42 Å². The molecule has 0 spiro atoms. The first-order chi connectivity index (χ1) is 8.34. The molecule has 0 saturated carbocycles. The Labute approximate surface area is 102 Å². The van der Waals surface area contributed by atoms with Crippen LogP contribution in [0.15, 0.2) is 18.2 Å². The molecule has 0 fully saturated rings. The summed E-state index contributed by atoms with van der Waals surface area (Å²) in [4.78, 5) is 11.1. The summed E-state index contributed by atoms with van der Waals surface area (Å²) in [6.07, 6.45) is -4.33. The Kier molecular flexibility index (Phi) is 4.58. The van der Waals surface area contributed by atoms with Crippen LogP contribution in [0.1, 0.15) is 24.5 Å². The first-order valence-corrected chi connectivity index (χ1v) is 5.39. The normalized spacial score (nSPS) is 11.3. The fraction of sp³-hybridized carbons (Fsp3) is 0.417. The number of alkyl halides is 3. The molecule has 0 aromatic heterocycles. The fourth-order valence-electron chi connectivity index (χ4n) is 1.42. The fourth-order valence-corrected chi connectivity index (χ4v) is 1.42. The van der Waals surface area contributed by atoms with Crippen molar-refractivity contribution < 1.29 is 27.8 Å². The van der Waals surface area contributed by atoms with Gasteiger partial charge >= 0.3 is 12.1 Å². The van der Waals surface area contributed by atoms with E-state index in [1.165, 1.54) is 0 Å². The molecule has 0 amide bonds. The number of benzene rings is 1. The Morgan fingerprint density at radius 2 is 2.06 bits per heavy atom. The van der Waals surface area contributed by atoms with Gasteiger partial charge in [-0.25, -0.2) is 0 Å². The van der Waals surface area contributed by atoms with Crippen molar-refractivity contribution in [2.45, 2.75) is 25.9 Å². The molecule has 0 heterocycles. The van der Waals surface area contributed by atoms with E-state index in [9.17, 15) is 23.1 Å². The number of aromatic hydroxyl groups is 1. The van der Waals surface area contributed by atoms with Gasteiger partial charge in [0.15, 0.2) is 0 Å². The van der Waals surface area contributed by atoms with Gasteiger partial charge in [-0.1, -0.05) is 6.07 Å². The maximum Gasteiger partial charge on any atom is 0.416 e. The highest BCUT2D eigenvalue weighted by Crippen LogP contribution is 2.32. The molecule has 0 atom stereocenters. The van der Waals surface area contributed by atoms with Crippen LogP contribution in [0.2, 0.25) is 0 Å². The predicted molar refractivity (Wildman–Crippen MR) is 58.1 cm³/mol. The molecule has 3 nitrogen and oxygen atoms in total. The second-order valence-corrected chi connectivity index (χ2v) is 3.65. The van der Waals surface area contributed by atoms with Crippen LogP contribution >= 0.6 is 0 Å². The monoisotopic (exact) mass is 262 g/mol. The number of ether oxygens (including phenoxy) is 1. The quantitative estimate of drug-likeness (QED) is 0.849. The van der Waals surface area contributed by atoms with Gasteiger partial charge < -0.3 is 9.84 Å². The Morgan fingerprint density at radius 3 is 2.56 bits per heavy atom. The maximum atomic E-state index is 12.3. The molecule has 100 valence electrons. The van der Waals surface area contributed by atoms with E-state index < -0.39 is 23.5 Å². The SMILES string of the molecule is CCOC(=O)CCc1ccc(C(F)(F)F)cc1O. The first-order valence-electron chi connectivity index (χ1n) is 5.39. The third kappa shape index (κ3) is 3.94. The van der Waals surface area contributed by atoms with Crippen LogP contribution in [0.3, 0.4) is 0 Å². The van der Waals surface area contributed by atoms with Gasteiger partial charge in [-0.2, -0.15) is 13.2 Å². The summed E-state index contributed by atoms with van der Waals surface area (Å²) in [5, 5.41) is 9.45. The molecule has 0 saturated heterocycles. The van der Waals surface area contributed by atoms with Gasteiger partial charge in [-0.05, 0) is 31.0 Å². The van der Waals surface area contributed by atoms with E-state index in [4.69, 9.17) is 0 Å². The molecule has 1 N–H and O–H groups in total. The minimum Gasteiger partial charge on any atom is -0.508 e. The molecule has 0 radical (unpaired) electrons. The van der Waals surface area contributed by atoms with Crippen molar-refractivity contribution in [2.75, 3.05) is 6.61 Å². The molecule has 0 aliphatic heterocycles. The molecule has 1 aromatic carbocycles. The van der Waals surface area contributed by atoms with E-state index in [-0.39, 0.29) is 25.0 Å². The average Bonchev–Trinajstić information content (AvgIpc) is 2.26. The smallest absolute Gasteiger partial charge is 0.416 e. The second kappa shape index (κ2) is 5.75. The standard InChI is InChI=1S/C12H13F3O3/c1-2-18-11(17)6-4-8-3-5-9(7-10(8)16)12(13,14)15/h3,5,7,16H,2,4,6H2,1H3. The summed E-state index contributed by atoms with van der Waals surface area (Å²) in [5.41, 5.74) is -0.629.